The number of nitrogens with zero attached hydrogens (tertiary/aromatic N) is 1. The van der Waals surface area contributed by atoms with Crippen molar-refractivity contribution in [3.05, 3.63) is 104 Å². The topological polar surface area (TPSA) is 334 Å². The standard InChI is InChI=1S/C37H49N2O18P3.2H3N/c1-4-6-7-8-9-10-11-22-49-37(43)55-31-18-14-29(15-19-31)25-52-60(48,51-24-28-12-16-30(17-13-28)54-34(40)5-2)57-59(46,47)56-58(44,45)50-26-32-20-21-33(53-32)39-23-27(3)35(41)38-36(39)42;;/h12-21,23,32-33H,4-11,22,24-26H2,1-3H3,(H,44,45)(H,46,47)(H,38,41,42);2*1H3/t32-,33+,60?;;/m0../s1. The molecule has 3 unspecified atom stereocenters. The number of aryl methyl sites for hydroxylation is 1. The first-order valence-corrected chi connectivity index (χ1v) is 23.4. The Morgan fingerprint density at radius 3 is 1.90 bits per heavy atom. The van der Waals surface area contributed by atoms with E-state index in [-0.39, 0.29) is 42.4 Å². The minimum absolute atomic E-state index is 0. The normalized spacial score (nSPS) is 17.4. The minimum atomic E-state index is -5.81. The number of hydrogen-bond donors (Lipinski definition) is 5. The number of aromatic nitrogens is 2. The van der Waals surface area contributed by atoms with Gasteiger partial charge in [0, 0.05) is 18.2 Å². The summed E-state index contributed by atoms with van der Waals surface area (Å²) < 4.78 is 86.3. The summed E-state index contributed by atoms with van der Waals surface area (Å²) in [5.41, 5.74) is -0.554. The molecule has 0 radical (unpaired) electrons. The highest BCUT2D eigenvalue weighted by molar-refractivity contribution is 7.67. The number of phosphoric acid groups is 3. The van der Waals surface area contributed by atoms with Crippen LogP contribution in [0.5, 0.6) is 11.5 Å². The molecule has 62 heavy (non-hydrogen) atoms. The third-order valence-electron chi connectivity index (χ3n) is 8.35. The first kappa shape index (κ1) is 54.0. The van der Waals surface area contributed by atoms with E-state index in [2.05, 4.69) is 16.2 Å². The lowest BCUT2D eigenvalue weighted by Gasteiger charge is -2.22. The number of benzene rings is 2. The van der Waals surface area contributed by atoms with Gasteiger partial charge in [-0.25, -0.2) is 23.3 Å². The van der Waals surface area contributed by atoms with Gasteiger partial charge in [-0.05, 0) is 54.8 Å². The van der Waals surface area contributed by atoms with Crippen LogP contribution in [-0.2, 0) is 63.4 Å². The molecule has 4 rings (SSSR count). The van der Waals surface area contributed by atoms with Crippen LogP contribution in [0.1, 0.15) is 88.1 Å². The van der Waals surface area contributed by atoms with E-state index >= 15 is 0 Å². The number of rotatable bonds is 25. The molecule has 0 aliphatic carbocycles. The number of carbonyl (C=O) groups is 2. The van der Waals surface area contributed by atoms with Crippen LogP contribution < -0.4 is 33.0 Å². The van der Waals surface area contributed by atoms with Crippen LogP contribution in [0.3, 0.4) is 0 Å². The molecule has 1 aliphatic rings. The molecule has 1 aliphatic heterocycles. The highest BCUT2D eigenvalue weighted by Crippen LogP contribution is 2.69. The van der Waals surface area contributed by atoms with Gasteiger partial charge in [-0.1, -0.05) is 82.7 Å². The summed E-state index contributed by atoms with van der Waals surface area (Å²) in [7, 11) is -16.4. The lowest BCUT2D eigenvalue weighted by molar-refractivity contribution is -0.134. The average molecular weight is 937 g/mol. The third kappa shape index (κ3) is 18.7. The van der Waals surface area contributed by atoms with Crippen LogP contribution >= 0.6 is 23.5 Å². The zero-order valence-corrected chi connectivity index (χ0v) is 37.3. The fourth-order valence-corrected chi connectivity index (χ4v) is 9.25. The van der Waals surface area contributed by atoms with Gasteiger partial charge in [-0.15, -0.1) is 0 Å². The molecule has 22 nitrogen and oxygen atoms in total. The number of carbonyl (C=O) groups excluding carboxylic acids is 2. The molecule has 3 aromatic rings. The number of H-pyrrole nitrogens is 1. The second-order valence-corrected chi connectivity index (χ2v) is 18.1. The van der Waals surface area contributed by atoms with Gasteiger partial charge in [0.2, 0.25) is 0 Å². The molecule has 346 valence electrons. The van der Waals surface area contributed by atoms with E-state index in [1.807, 2.05) is 0 Å². The summed E-state index contributed by atoms with van der Waals surface area (Å²) in [6, 6.07) is 11.3. The molecule has 1 aromatic heterocycles. The summed E-state index contributed by atoms with van der Waals surface area (Å²) in [6.45, 7) is 3.56. The number of unbranched alkanes of at least 4 members (excludes halogenated alkanes) is 6. The van der Waals surface area contributed by atoms with E-state index in [4.69, 9.17) is 36.8 Å². The summed E-state index contributed by atoms with van der Waals surface area (Å²) in [5.74, 6) is -0.161. The predicted molar refractivity (Wildman–Crippen MR) is 223 cm³/mol. The van der Waals surface area contributed by atoms with Gasteiger partial charge in [0.25, 0.3) is 5.56 Å². The predicted octanol–water partition coefficient (Wildman–Crippen LogP) is 8.00. The van der Waals surface area contributed by atoms with Crippen molar-refractivity contribution in [1.82, 2.24) is 21.9 Å². The number of esters is 1. The first-order valence-electron chi connectivity index (χ1n) is 19.0. The Morgan fingerprint density at radius 2 is 1.32 bits per heavy atom. The number of aromatic amines is 1. The van der Waals surface area contributed by atoms with Crippen molar-refractivity contribution in [1.29, 1.82) is 0 Å². The Kier molecular flexibility index (Phi) is 22.5. The maximum Gasteiger partial charge on any atom is 0.513 e. The van der Waals surface area contributed by atoms with Crippen LogP contribution in [-0.4, -0.2) is 50.8 Å². The van der Waals surface area contributed by atoms with E-state index in [0.29, 0.717) is 17.5 Å². The first-order chi connectivity index (χ1) is 28.5. The largest absolute Gasteiger partial charge is 0.513 e. The van der Waals surface area contributed by atoms with Crippen molar-refractivity contribution in [2.45, 2.75) is 97.7 Å². The van der Waals surface area contributed by atoms with Crippen LogP contribution in [0.4, 0.5) is 4.79 Å². The number of phosphoric ester groups is 2. The molecule has 2 heterocycles. The van der Waals surface area contributed by atoms with Gasteiger partial charge >= 0.3 is 41.3 Å². The number of ether oxygens (including phenoxy) is 4. The second kappa shape index (κ2) is 25.9. The van der Waals surface area contributed by atoms with E-state index in [0.717, 1.165) is 30.3 Å². The van der Waals surface area contributed by atoms with Crippen molar-refractivity contribution < 1.29 is 74.2 Å². The highest BCUT2D eigenvalue weighted by atomic mass is 31.3. The Balaban J connectivity index is 0.00000661. The minimum Gasteiger partial charge on any atom is -0.434 e. The average Bonchev–Trinajstić information content (AvgIpc) is 3.67. The molecule has 0 amide bonds. The Bertz CT molecular complexity index is 2180. The molecular formula is C37H55N4O18P3. The van der Waals surface area contributed by atoms with Crippen molar-refractivity contribution in [2.75, 3.05) is 13.2 Å². The van der Waals surface area contributed by atoms with Crippen molar-refractivity contribution >= 4 is 35.6 Å². The van der Waals surface area contributed by atoms with E-state index in [9.17, 15) is 42.7 Å². The number of hydrogen-bond acceptors (Lipinski definition) is 18. The smallest absolute Gasteiger partial charge is 0.434 e. The molecule has 0 saturated heterocycles. The van der Waals surface area contributed by atoms with Crippen molar-refractivity contribution in [3.63, 3.8) is 0 Å². The van der Waals surface area contributed by atoms with Gasteiger partial charge in [-0.2, -0.15) is 8.62 Å². The maximum absolute atomic E-state index is 13.8. The highest BCUT2D eigenvalue weighted by Gasteiger charge is 2.44. The van der Waals surface area contributed by atoms with Gasteiger partial charge in [0.05, 0.1) is 26.4 Å². The fourth-order valence-electron chi connectivity index (χ4n) is 5.22. The number of nitrogens with one attached hydrogen (secondary N) is 1. The second-order valence-electron chi connectivity index (χ2n) is 13.3. The maximum atomic E-state index is 13.8. The molecule has 2 aromatic carbocycles. The molecule has 0 saturated carbocycles. The Morgan fingerprint density at radius 1 is 0.758 bits per heavy atom. The van der Waals surface area contributed by atoms with Gasteiger partial charge in [-0.3, -0.25) is 32.7 Å². The monoisotopic (exact) mass is 936 g/mol. The Labute approximate surface area is 357 Å². The van der Waals surface area contributed by atoms with Crippen LogP contribution in [0.15, 0.2) is 76.5 Å². The molecule has 5 atom stereocenters. The fraction of sp³-hybridized carbons (Fsp3) is 0.459. The molecule has 25 heteroatoms. The third-order valence-corrected chi connectivity index (χ3v) is 13.0. The molecule has 0 fully saturated rings. The molecule has 0 spiro atoms. The van der Waals surface area contributed by atoms with Crippen LogP contribution in [0.25, 0.3) is 0 Å². The van der Waals surface area contributed by atoms with Crippen molar-refractivity contribution in [2.24, 2.45) is 0 Å². The Hall–Kier alpha value is -4.11. The van der Waals surface area contributed by atoms with Crippen LogP contribution in [0, 0.1) is 6.92 Å². The van der Waals surface area contributed by atoms with E-state index < -0.39 is 79.0 Å². The molecule has 9 N–H and O–H groups in total. The van der Waals surface area contributed by atoms with E-state index in [1.165, 1.54) is 86.6 Å². The zero-order valence-electron chi connectivity index (χ0n) is 34.6. The SMILES string of the molecule is CCCCCCCCCOC(=O)Oc1ccc(COP(=O)(OCc2ccc(OC(=O)CC)cc2)OP(=O)(O)OP(=O)(O)OC[C@@H]2C=C[C@H](n3cc(C)c(=O)[nH]c3=O)O2)cc1.N.N. The van der Waals surface area contributed by atoms with Crippen LogP contribution in [0.2, 0.25) is 0 Å². The lowest BCUT2D eigenvalue weighted by Crippen LogP contribution is -2.33. The summed E-state index contributed by atoms with van der Waals surface area (Å²) in [4.78, 5) is 70.6. The van der Waals surface area contributed by atoms with Gasteiger partial charge in [0.1, 0.15) is 17.6 Å². The zero-order chi connectivity index (χ0) is 43.8. The summed E-state index contributed by atoms with van der Waals surface area (Å²) in [5, 5.41) is 0. The lowest BCUT2D eigenvalue weighted by atomic mass is 10.1. The van der Waals surface area contributed by atoms with Crippen molar-refractivity contribution in [3.8, 4) is 11.5 Å². The van der Waals surface area contributed by atoms with E-state index in [1.54, 1.807) is 6.92 Å². The molecular weight excluding hydrogens is 881 g/mol. The molecule has 0 bridgehead atoms. The quantitative estimate of drug-likeness (QED) is 0.0134. The summed E-state index contributed by atoms with van der Waals surface area (Å²) in [6.07, 6.45) is 8.51. The van der Waals surface area contributed by atoms with Gasteiger partial charge in [0.15, 0.2) is 6.23 Å². The summed E-state index contributed by atoms with van der Waals surface area (Å²) >= 11 is 0. The van der Waals surface area contributed by atoms with Gasteiger partial charge < -0.3 is 41.0 Å².